The molecule has 5 nitrogen and oxygen atoms in total. The maximum Gasteiger partial charge on any atom is 0.253 e. The molecule has 23 heavy (non-hydrogen) atoms. The second kappa shape index (κ2) is 8.11. The van der Waals surface area contributed by atoms with Gasteiger partial charge in [-0.3, -0.25) is 9.59 Å². The fraction of sp³-hybridized carbons (Fsp3) is 0.556. The van der Waals surface area contributed by atoms with Crippen molar-refractivity contribution in [2.75, 3.05) is 26.2 Å². The Morgan fingerprint density at radius 1 is 1.09 bits per heavy atom. The van der Waals surface area contributed by atoms with E-state index in [9.17, 15) is 9.59 Å². The molecule has 5 heteroatoms. The Morgan fingerprint density at radius 3 is 2.35 bits per heavy atom. The van der Waals surface area contributed by atoms with Gasteiger partial charge in [-0.2, -0.15) is 0 Å². The number of carbonyl (C=O) groups excluding carboxylic acids is 2. The van der Waals surface area contributed by atoms with Gasteiger partial charge < -0.3 is 15.5 Å². The predicted molar refractivity (Wildman–Crippen MR) is 91.0 cm³/mol. The van der Waals surface area contributed by atoms with Crippen LogP contribution in [0.1, 0.15) is 37.0 Å². The normalized spacial score (nSPS) is 18.2. The highest BCUT2D eigenvalue weighted by molar-refractivity contribution is 5.94. The maximum absolute atomic E-state index is 12.5. The summed E-state index contributed by atoms with van der Waals surface area (Å²) in [5.41, 5.74) is 6.76. The molecule has 2 amide bonds. The SMILES string of the molecule is CCC(C)C(N)C(=O)N1CCCN(C(=O)c2ccccc2)CC1. The van der Waals surface area contributed by atoms with Crippen molar-refractivity contribution in [3.63, 3.8) is 0 Å². The van der Waals surface area contributed by atoms with Gasteiger partial charge in [0.15, 0.2) is 0 Å². The number of hydrogen-bond acceptors (Lipinski definition) is 3. The molecule has 1 aromatic carbocycles. The van der Waals surface area contributed by atoms with Crippen LogP contribution < -0.4 is 5.73 Å². The Balaban J connectivity index is 1.97. The minimum Gasteiger partial charge on any atom is -0.339 e. The first-order chi connectivity index (χ1) is 11.0. The molecule has 0 aliphatic carbocycles. The smallest absolute Gasteiger partial charge is 0.253 e. The molecule has 1 saturated heterocycles. The standard InChI is InChI=1S/C18H27N3O2/c1-3-14(2)16(19)18(23)21-11-7-10-20(12-13-21)17(22)15-8-5-4-6-9-15/h4-6,8-9,14,16H,3,7,10-13,19H2,1-2H3. The molecule has 2 N–H and O–H groups in total. The van der Waals surface area contributed by atoms with Gasteiger partial charge in [0.25, 0.3) is 5.91 Å². The lowest BCUT2D eigenvalue weighted by molar-refractivity contribution is -0.133. The fourth-order valence-electron chi connectivity index (χ4n) is 2.81. The Bertz CT molecular complexity index is 532. The second-order valence-corrected chi connectivity index (χ2v) is 6.25. The van der Waals surface area contributed by atoms with Gasteiger partial charge in [0.1, 0.15) is 0 Å². The van der Waals surface area contributed by atoms with E-state index in [-0.39, 0.29) is 17.7 Å². The number of carbonyl (C=O) groups is 2. The third kappa shape index (κ3) is 4.32. The summed E-state index contributed by atoms with van der Waals surface area (Å²) in [6.07, 6.45) is 1.68. The van der Waals surface area contributed by atoms with Crippen molar-refractivity contribution in [1.29, 1.82) is 0 Å². The van der Waals surface area contributed by atoms with E-state index >= 15 is 0 Å². The minimum atomic E-state index is -0.448. The van der Waals surface area contributed by atoms with E-state index < -0.39 is 6.04 Å². The molecule has 1 fully saturated rings. The van der Waals surface area contributed by atoms with Crippen LogP contribution in [-0.2, 0) is 4.79 Å². The van der Waals surface area contributed by atoms with Gasteiger partial charge in [-0.15, -0.1) is 0 Å². The van der Waals surface area contributed by atoms with Crippen molar-refractivity contribution in [2.24, 2.45) is 11.7 Å². The second-order valence-electron chi connectivity index (χ2n) is 6.25. The number of rotatable bonds is 4. The molecular formula is C18H27N3O2. The van der Waals surface area contributed by atoms with E-state index in [1.165, 1.54) is 0 Å². The van der Waals surface area contributed by atoms with E-state index in [4.69, 9.17) is 5.73 Å². The first-order valence-corrected chi connectivity index (χ1v) is 8.43. The highest BCUT2D eigenvalue weighted by atomic mass is 16.2. The zero-order valence-electron chi connectivity index (χ0n) is 14.1. The van der Waals surface area contributed by atoms with E-state index in [1.54, 1.807) is 0 Å². The fourth-order valence-corrected chi connectivity index (χ4v) is 2.81. The van der Waals surface area contributed by atoms with Crippen LogP contribution in [0.3, 0.4) is 0 Å². The largest absolute Gasteiger partial charge is 0.339 e. The lowest BCUT2D eigenvalue weighted by Gasteiger charge is -2.27. The van der Waals surface area contributed by atoms with Crippen LogP contribution in [0, 0.1) is 5.92 Å². The summed E-state index contributed by atoms with van der Waals surface area (Å²) < 4.78 is 0. The van der Waals surface area contributed by atoms with Crippen molar-refractivity contribution in [1.82, 2.24) is 9.80 Å². The summed E-state index contributed by atoms with van der Waals surface area (Å²) in [5.74, 6) is 0.215. The number of nitrogens with two attached hydrogens (primary N) is 1. The summed E-state index contributed by atoms with van der Waals surface area (Å²) in [6, 6.07) is 8.84. The lowest BCUT2D eigenvalue weighted by Crippen LogP contribution is -2.48. The maximum atomic E-state index is 12.5. The molecule has 0 radical (unpaired) electrons. The highest BCUT2D eigenvalue weighted by Crippen LogP contribution is 2.13. The van der Waals surface area contributed by atoms with Gasteiger partial charge in [0, 0.05) is 31.7 Å². The molecule has 2 unspecified atom stereocenters. The molecule has 1 heterocycles. The van der Waals surface area contributed by atoms with Gasteiger partial charge in [-0.1, -0.05) is 38.5 Å². The summed E-state index contributed by atoms with van der Waals surface area (Å²) in [7, 11) is 0. The van der Waals surface area contributed by atoms with Gasteiger partial charge in [-0.05, 0) is 24.5 Å². The molecule has 0 aromatic heterocycles. The first kappa shape index (κ1) is 17.5. The Labute approximate surface area is 138 Å². The average Bonchev–Trinajstić information content (AvgIpc) is 2.86. The molecular weight excluding hydrogens is 290 g/mol. The highest BCUT2D eigenvalue weighted by Gasteiger charge is 2.27. The summed E-state index contributed by atoms with van der Waals surface area (Å²) in [6.45, 7) is 6.51. The first-order valence-electron chi connectivity index (χ1n) is 8.43. The van der Waals surface area contributed by atoms with E-state index in [2.05, 4.69) is 0 Å². The van der Waals surface area contributed by atoms with Crippen LogP contribution in [0.15, 0.2) is 30.3 Å². The minimum absolute atomic E-state index is 0.00774. The number of hydrogen-bond donors (Lipinski definition) is 1. The Hall–Kier alpha value is -1.88. The van der Waals surface area contributed by atoms with Crippen LogP contribution in [0.25, 0.3) is 0 Å². The van der Waals surface area contributed by atoms with E-state index in [0.29, 0.717) is 31.7 Å². The van der Waals surface area contributed by atoms with E-state index in [0.717, 1.165) is 12.8 Å². The van der Waals surface area contributed by atoms with Gasteiger partial charge in [0.05, 0.1) is 6.04 Å². The van der Waals surface area contributed by atoms with E-state index in [1.807, 2.05) is 54.0 Å². The molecule has 0 saturated carbocycles. The molecule has 1 aliphatic heterocycles. The van der Waals surface area contributed by atoms with Crippen molar-refractivity contribution in [2.45, 2.75) is 32.7 Å². The molecule has 2 rings (SSSR count). The molecule has 2 atom stereocenters. The molecule has 126 valence electrons. The summed E-state index contributed by atoms with van der Waals surface area (Å²) in [5, 5.41) is 0. The van der Waals surface area contributed by atoms with Crippen LogP contribution in [0.4, 0.5) is 0 Å². The van der Waals surface area contributed by atoms with Crippen molar-refractivity contribution >= 4 is 11.8 Å². The molecule has 1 aromatic rings. The molecule has 1 aliphatic rings. The zero-order chi connectivity index (χ0) is 16.8. The van der Waals surface area contributed by atoms with Crippen molar-refractivity contribution in [3.05, 3.63) is 35.9 Å². The van der Waals surface area contributed by atoms with Gasteiger partial charge in [-0.25, -0.2) is 0 Å². The monoisotopic (exact) mass is 317 g/mol. The zero-order valence-corrected chi connectivity index (χ0v) is 14.1. The summed E-state index contributed by atoms with van der Waals surface area (Å²) >= 11 is 0. The average molecular weight is 317 g/mol. The van der Waals surface area contributed by atoms with Crippen molar-refractivity contribution < 1.29 is 9.59 Å². The number of benzene rings is 1. The van der Waals surface area contributed by atoms with Crippen LogP contribution >= 0.6 is 0 Å². The van der Waals surface area contributed by atoms with Crippen LogP contribution in [0.2, 0.25) is 0 Å². The predicted octanol–water partition coefficient (Wildman–Crippen LogP) is 1.73. The Morgan fingerprint density at radius 2 is 1.70 bits per heavy atom. The molecule has 0 bridgehead atoms. The lowest BCUT2D eigenvalue weighted by atomic mass is 9.99. The number of nitrogens with zero attached hydrogens (tertiary/aromatic N) is 2. The number of amides is 2. The Kier molecular flexibility index (Phi) is 6.16. The third-order valence-corrected chi connectivity index (χ3v) is 4.66. The van der Waals surface area contributed by atoms with Gasteiger partial charge in [0.2, 0.25) is 5.91 Å². The molecule has 0 spiro atoms. The summed E-state index contributed by atoms with van der Waals surface area (Å²) in [4.78, 5) is 28.7. The van der Waals surface area contributed by atoms with Gasteiger partial charge >= 0.3 is 0 Å². The van der Waals surface area contributed by atoms with Crippen LogP contribution in [0.5, 0.6) is 0 Å². The third-order valence-electron chi connectivity index (χ3n) is 4.66. The van der Waals surface area contributed by atoms with Crippen molar-refractivity contribution in [3.8, 4) is 0 Å². The van der Waals surface area contributed by atoms with Crippen LogP contribution in [-0.4, -0.2) is 53.8 Å². The quantitative estimate of drug-likeness (QED) is 0.920. The topological polar surface area (TPSA) is 66.6 Å².